The fraction of sp³-hybridized carbons (Fsp3) is 0.667. The van der Waals surface area contributed by atoms with E-state index in [1.54, 1.807) is 6.20 Å². The van der Waals surface area contributed by atoms with Crippen LogP contribution in [0, 0.1) is 23.2 Å². The number of ketones is 1. The van der Waals surface area contributed by atoms with Gasteiger partial charge in [0.1, 0.15) is 5.78 Å². The quantitative estimate of drug-likeness (QED) is 0.831. The van der Waals surface area contributed by atoms with Crippen LogP contribution in [0.25, 0.3) is 0 Å². The zero-order valence-corrected chi connectivity index (χ0v) is 12.2. The number of nitrogens with zero attached hydrogens (tertiary/aromatic N) is 1. The van der Waals surface area contributed by atoms with Gasteiger partial charge in [0.15, 0.2) is 0 Å². The summed E-state index contributed by atoms with van der Waals surface area (Å²) in [6.45, 7) is 2.06. The highest BCUT2D eigenvalue weighted by Crippen LogP contribution is 2.61. The van der Waals surface area contributed by atoms with Crippen molar-refractivity contribution >= 4 is 5.78 Å². The number of rotatable bonds is 3. The molecule has 0 aliphatic heterocycles. The fourth-order valence-electron chi connectivity index (χ4n) is 5.64. The third kappa shape index (κ3) is 1.84. The van der Waals surface area contributed by atoms with Gasteiger partial charge < -0.3 is 0 Å². The van der Waals surface area contributed by atoms with Crippen LogP contribution >= 0.6 is 0 Å². The molecule has 0 spiro atoms. The maximum atomic E-state index is 13.2. The minimum Gasteiger partial charge on any atom is -0.298 e. The van der Waals surface area contributed by atoms with Crippen molar-refractivity contribution < 1.29 is 4.79 Å². The van der Waals surface area contributed by atoms with Crippen molar-refractivity contribution in [1.82, 2.24) is 4.98 Å². The summed E-state index contributed by atoms with van der Waals surface area (Å²) < 4.78 is 0. The molecule has 0 aromatic carbocycles. The lowest BCUT2D eigenvalue weighted by atomic mass is 9.47. The van der Waals surface area contributed by atoms with Gasteiger partial charge in [0.05, 0.1) is 11.6 Å². The Morgan fingerprint density at radius 1 is 1.15 bits per heavy atom. The summed E-state index contributed by atoms with van der Waals surface area (Å²) in [4.78, 5) is 17.6. The second-order valence-corrected chi connectivity index (χ2v) is 7.54. The first kappa shape index (κ1) is 12.6. The molecule has 4 saturated carbocycles. The Morgan fingerprint density at radius 2 is 1.75 bits per heavy atom. The zero-order valence-electron chi connectivity index (χ0n) is 12.2. The molecule has 1 heterocycles. The summed E-state index contributed by atoms with van der Waals surface area (Å²) in [7, 11) is 0. The molecule has 1 atom stereocenters. The van der Waals surface area contributed by atoms with Gasteiger partial charge >= 0.3 is 0 Å². The largest absolute Gasteiger partial charge is 0.298 e. The lowest BCUT2D eigenvalue weighted by Gasteiger charge is -2.56. The normalized spacial score (nSPS) is 39.8. The molecule has 5 rings (SSSR count). The highest BCUT2D eigenvalue weighted by molar-refractivity contribution is 5.90. The SMILES string of the molecule is CC(C(=O)C12CC3CC(CC(C3)C1)C2)c1ccccn1. The average molecular weight is 269 g/mol. The average Bonchev–Trinajstić information content (AvgIpc) is 2.45. The highest BCUT2D eigenvalue weighted by Gasteiger charge is 2.55. The fourth-order valence-corrected chi connectivity index (χ4v) is 5.64. The van der Waals surface area contributed by atoms with Gasteiger partial charge in [0, 0.05) is 11.6 Å². The molecular formula is C18H23NO. The lowest BCUT2D eigenvalue weighted by Crippen LogP contribution is -2.51. The predicted octanol–water partition coefficient (Wildman–Crippen LogP) is 3.97. The Hall–Kier alpha value is -1.18. The minimum absolute atomic E-state index is 0.00564. The van der Waals surface area contributed by atoms with Crippen molar-refractivity contribution in [2.75, 3.05) is 0 Å². The monoisotopic (exact) mass is 269 g/mol. The van der Waals surface area contributed by atoms with Crippen molar-refractivity contribution in [2.24, 2.45) is 23.2 Å². The van der Waals surface area contributed by atoms with E-state index in [4.69, 9.17) is 0 Å². The Kier molecular flexibility index (Phi) is 2.77. The lowest BCUT2D eigenvalue weighted by molar-refractivity contribution is -0.145. The third-order valence-corrected chi connectivity index (χ3v) is 6.09. The van der Waals surface area contributed by atoms with E-state index in [1.165, 1.54) is 19.3 Å². The minimum atomic E-state index is -0.0348. The van der Waals surface area contributed by atoms with Crippen LogP contribution in [0.1, 0.15) is 57.1 Å². The molecule has 0 saturated heterocycles. The van der Waals surface area contributed by atoms with Crippen molar-refractivity contribution in [3.63, 3.8) is 0 Å². The van der Waals surface area contributed by atoms with Crippen LogP contribution in [-0.4, -0.2) is 10.8 Å². The molecule has 0 amide bonds. The summed E-state index contributed by atoms with van der Waals surface area (Å²) in [5, 5.41) is 0. The second kappa shape index (κ2) is 4.41. The van der Waals surface area contributed by atoms with Crippen LogP contribution in [0.2, 0.25) is 0 Å². The first-order valence-corrected chi connectivity index (χ1v) is 8.11. The number of Topliss-reactive ketones (excluding diaryl/α,β-unsaturated/α-hetero) is 1. The van der Waals surface area contributed by atoms with Crippen LogP contribution < -0.4 is 0 Å². The Balaban J connectivity index is 1.62. The van der Waals surface area contributed by atoms with Crippen molar-refractivity contribution in [3.8, 4) is 0 Å². The van der Waals surface area contributed by atoms with Crippen LogP contribution in [0.5, 0.6) is 0 Å². The topological polar surface area (TPSA) is 30.0 Å². The first-order chi connectivity index (χ1) is 9.66. The summed E-state index contributed by atoms with van der Waals surface area (Å²) in [5.41, 5.74) is 0.958. The van der Waals surface area contributed by atoms with Gasteiger partial charge in [0.2, 0.25) is 0 Å². The van der Waals surface area contributed by atoms with Gasteiger partial charge in [-0.3, -0.25) is 9.78 Å². The summed E-state index contributed by atoms with van der Waals surface area (Å²) in [6.07, 6.45) is 9.47. The molecule has 1 aromatic rings. The van der Waals surface area contributed by atoms with E-state index < -0.39 is 0 Å². The van der Waals surface area contributed by atoms with Gasteiger partial charge in [-0.05, 0) is 75.3 Å². The smallest absolute Gasteiger partial charge is 0.147 e. The number of carbonyl (C=O) groups is 1. The van der Waals surface area contributed by atoms with E-state index in [2.05, 4.69) is 11.9 Å². The number of hydrogen-bond acceptors (Lipinski definition) is 2. The molecule has 0 radical (unpaired) electrons. The summed E-state index contributed by atoms with van der Waals surface area (Å²) in [6, 6.07) is 5.92. The standard InChI is InChI=1S/C18H23NO/c1-12(16-4-2-3-5-19-16)17(20)18-9-13-6-14(10-18)8-15(7-13)11-18/h2-5,12-15H,6-11H2,1H3. The molecular weight excluding hydrogens is 246 g/mol. The van der Waals surface area contributed by atoms with E-state index in [0.717, 1.165) is 42.7 Å². The maximum Gasteiger partial charge on any atom is 0.147 e. The molecule has 0 N–H and O–H groups in total. The molecule has 2 nitrogen and oxygen atoms in total. The second-order valence-electron chi connectivity index (χ2n) is 7.54. The number of carbonyl (C=O) groups excluding carboxylic acids is 1. The van der Waals surface area contributed by atoms with Crippen molar-refractivity contribution in [2.45, 2.75) is 51.4 Å². The summed E-state index contributed by atoms with van der Waals surface area (Å²) in [5.74, 6) is 2.95. The number of hydrogen-bond donors (Lipinski definition) is 0. The molecule has 1 aromatic heterocycles. The van der Waals surface area contributed by atoms with Crippen LogP contribution in [0.4, 0.5) is 0 Å². The molecule has 1 unspecified atom stereocenters. The van der Waals surface area contributed by atoms with E-state index in [1.807, 2.05) is 18.2 Å². The highest BCUT2D eigenvalue weighted by atomic mass is 16.1. The summed E-state index contributed by atoms with van der Waals surface area (Å²) >= 11 is 0. The zero-order chi connectivity index (χ0) is 13.7. The van der Waals surface area contributed by atoms with Gasteiger partial charge in [-0.1, -0.05) is 6.07 Å². The molecule has 20 heavy (non-hydrogen) atoms. The van der Waals surface area contributed by atoms with Gasteiger partial charge in [-0.25, -0.2) is 0 Å². The van der Waals surface area contributed by atoms with Crippen LogP contribution in [-0.2, 0) is 4.79 Å². The molecule has 106 valence electrons. The van der Waals surface area contributed by atoms with Gasteiger partial charge in [0.25, 0.3) is 0 Å². The Bertz CT molecular complexity index is 486. The molecule has 4 aliphatic rings. The first-order valence-electron chi connectivity index (χ1n) is 8.11. The van der Waals surface area contributed by atoms with Crippen LogP contribution in [0.3, 0.4) is 0 Å². The molecule has 4 bridgehead atoms. The molecule has 4 fully saturated rings. The van der Waals surface area contributed by atoms with Crippen LogP contribution in [0.15, 0.2) is 24.4 Å². The Morgan fingerprint density at radius 3 is 2.25 bits per heavy atom. The van der Waals surface area contributed by atoms with E-state index in [9.17, 15) is 4.79 Å². The maximum absolute atomic E-state index is 13.2. The van der Waals surface area contributed by atoms with Crippen molar-refractivity contribution in [3.05, 3.63) is 30.1 Å². The molecule has 2 heteroatoms. The van der Waals surface area contributed by atoms with E-state index in [-0.39, 0.29) is 11.3 Å². The Labute approximate surface area is 121 Å². The van der Waals surface area contributed by atoms with Gasteiger partial charge in [-0.2, -0.15) is 0 Å². The molecule has 4 aliphatic carbocycles. The van der Waals surface area contributed by atoms with Crippen molar-refractivity contribution in [1.29, 1.82) is 0 Å². The van der Waals surface area contributed by atoms with E-state index >= 15 is 0 Å². The predicted molar refractivity (Wildman–Crippen MR) is 78.3 cm³/mol. The number of aromatic nitrogens is 1. The van der Waals surface area contributed by atoms with E-state index in [0.29, 0.717) is 5.78 Å². The van der Waals surface area contributed by atoms with Gasteiger partial charge in [-0.15, -0.1) is 0 Å². The number of pyridine rings is 1. The third-order valence-electron chi connectivity index (χ3n) is 6.09.